The molecule has 112 valence electrons. The second-order valence-electron chi connectivity index (χ2n) is 4.86. The molecule has 21 heavy (non-hydrogen) atoms. The molecule has 0 bridgehead atoms. The van der Waals surface area contributed by atoms with Gasteiger partial charge in [0.15, 0.2) is 0 Å². The summed E-state index contributed by atoms with van der Waals surface area (Å²) in [6.07, 6.45) is 4.88. The maximum Gasteiger partial charge on any atom is 0.252 e. The molecule has 3 rings (SSSR count). The molecule has 1 aliphatic heterocycles. The Labute approximate surface area is 128 Å². The smallest absolute Gasteiger partial charge is 0.252 e. The number of hydrogen-bond donors (Lipinski definition) is 0. The van der Waals surface area contributed by atoms with Crippen molar-refractivity contribution in [3.8, 4) is 5.75 Å². The van der Waals surface area contributed by atoms with E-state index in [0.717, 1.165) is 18.6 Å². The topological polar surface area (TPSA) is 59.5 Å². The van der Waals surface area contributed by atoms with Crippen molar-refractivity contribution in [2.24, 2.45) is 0 Å². The van der Waals surface area contributed by atoms with Gasteiger partial charge in [0.05, 0.1) is 6.54 Å². The van der Waals surface area contributed by atoms with Crippen molar-refractivity contribution in [3.05, 3.63) is 42.0 Å². The van der Waals surface area contributed by atoms with E-state index in [2.05, 4.69) is 4.98 Å². The van der Waals surface area contributed by atoms with Crippen molar-refractivity contribution in [2.45, 2.75) is 23.2 Å². The predicted molar refractivity (Wildman–Crippen MR) is 81.0 cm³/mol. The minimum absolute atomic E-state index is 0.115. The Morgan fingerprint density at radius 1 is 1.29 bits per heavy atom. The van der Waals surface area contributed by atoms with E-state index in [4.69, 9.17) is 4.74 Å². The van der Waals surface area contributed by atoms with Crippen LogP contribution in [0.25, 0.3) is 0 Å². The van der Waals surface area contributed by atoms with E-state index in [1.807, 2.05) is 0 Å². The third-order valence-corrected chi connectivity index (χ3v) is 6.62. The average molecular weight is 324 g/mol. The van der Waals surface area contributed by atoms with Gasteiger partial charge in [0.1, 0.15) is 16.1 Å². The molecule has 0 aliphatic carbocycles. The molecular formula is C14H16N2O3S2. The highest BCUT2D eigenvalue weighted by Crippen LogP contribution is 2.25. The number of aromatic nitrogens is 1. The van der Waals surface area contributed by atoms with Gasteiger partial charge in [-0.3, -0.25) is 4.98 Å². The minimum Gasteiger partial charge on any atom is -0.489 e. The molecule has 5 nitrogen and oxygen atoms in total. The number of pyridine rings is 1. The van der Waals surface area contributed by atoms with Crippen molar-refractivity contribution in [3.63, 3.8) is 0 Å². The monoisotopic (exact) mass is 324 g/mol. The Bertz CT molecular complexity index is 672. The molecule has 3 heterocycles. The zero-order chi connectivity index (χ0) is 14.7. The summed E-state index contributed by atoms with van der Waals surface area (Å²) >= 11 is 1.25. The van der Waals surface area contributed by atoms with Crippen molar-refractivity contribution in [1.29, 1.82) is 0 Å². The van der Waals surface area contributed by atoms with Crippen LogP contribution in [-0.4, -0.2) is 36.9 Å². The number of thiophene rings is 1. The summed E-state index contributed by atoms with van der Waals surface area (Å²) in [5.41, 5.74) is 0. The molecule has 2 aromatic rings. The van der Waals surface area contributed by atoms with E-state index in [-0.39, 0.29) is 6.10 Å². The first-order valence-corrected chi connectivity index (χ1v) is 9.08. The standard InChI is InChI=1S/C14H16N2O3S2/c17-21(18,14-4-2-10-20-14)16-9-1-3-13(11-16)19-12-5-7-15-8-6-12/h2,4-8,10,13H,1,3,9,11H2/t13-/m0/s1. The van der Waals surface area contributed by atoms with Gasteiger partial charge >= 0.3 is 0 Å². The summed E-state index contributed by atoms with van der Waals surface area (Å²) in [7, 11) is -3.38. The van der Waals surface area contributed by atoms with Crippen LogP contribution in [0.3, 0.4) is 0 Å². The number of piperidine rings is 1. The van der Waals surface area contributed by atoms with E-state index in [0.29, 0.717) is 17.3 Å². The quantitative estimate of drug-likeness (QED) is 0.866. The number of hydrogen-bond acceptors (Lipinski definition) is 5. The van der Waals surface area contributed by atoms with Crippen LogP contribution >= 0.6 is 11.3 Å². The van der Waals surface area contributed by atoms with Crippen LogP contribution in [0.1, 0.15) is 12.8 Å². The summed E-state index contributed by atoms with van der Waals surface area (Å²) in [5.74, 6) is 0.727. The van der Waals surface area contributed by atoms with E-state index in [9.17, 15) is 8.42 Å². The van der Waals surface area contributed by atoms with E-state index in [1.165, 1.54) is 15.6 Å². The molecule has 0 aromatic carbocycles. The lowest BCUT2D eigenvalue weighted by molar-refractivity contribution is 0.130. The van der Waals surface area contributed by atoms with Crippen LogP contribution in [0.2, 0.25) is 0 Å². The largest absolute Gasteiger partial charge is 0.489 e. The molecule has 0 spiro atoms. The molecule has 2 aromatic heterocycles. The van der Waals surface area contributed by atoms with E-state index >= 15 is 0 Å². The number of ether oxygens (including phenoxy) is 1. The SMILES string of the molecule is O=S(=O)(c1cccs1)N1CCC[C@H](Oc2ccncc2)C1. The van der Waals surface area contributed by atoms with Crippen molar-refractivity contribution >= 4 is 21.4 Å². The van der Waals surface area contributed by atoms with Crippen LogP contribution in [0.4, 0.5) is 0 Å². The fourth-order valence-corrected chi connectivity index (χ4v) is 5.02. The minimum atomic E-state index is -3.38. The van der Waals surface area contributed by atoms with Crippen LogP contribution in [-0.2, 0) is 10.0 Å². The van der Waals surface area contributed by atoms with Gasteiger partial charge in [0.2, 0.25) is 0 Å². The molecule has 1 saturated heterocycles. The van der Waals surface area contributed by atoms with Gasteiger partial charge in [0.25, 0.3) is 10.0 Å². The summed E-state index contributed by atoms with van der Waals surface area (Å²) in [5, 5.41) is 1.78. The Morgan fingerprint density at radius 3 is 2.81 bits per heavy atom. The maximum atomic E-state index is 12.5. The summed E-state index contributed by atoms with van der Waals surface area (Å²) in [6.45, 7) is 0.943. The normalized spacial score (nSPS) is 20.3. The summed E-state index contributed by atoms with van der Waals surface area (Å²) in [4.78, 5) is 3.94. The molecule has 0 unspecified atom stereocenters. The highest BCUT2D eigenvalue weighted by Gasteiger charge is 2.31. The van der Waals surface area contributed by atoms with Gasteiger partial charge in [0, 0.05) is 18.9 Å². The van der Waals surface area contributed by atoms with E-state index < -0.39 is 10.0 Å². The molecule has 0 N–H and O–H groups in total. The fraction of sp³-hybridized carbons (Fsp3) is 0.357. The molecule has 1 fully saturated rings. The number of rotatable bonds is 4. The van der Waals surface area contributed by atoms with Crippen molar-refractivity contribution in [2.75, 3.05) is 13.1 Å². The number of sulfonamides is 1. The Balaban J connectivity index is 1.71. The first-order valence-electron chi connectivity index (χ1n) is 6.76. The van der Waals surface area contributed by atoms with Gasteiger partial charge in [-0.25, -0.2) is 8.42 Å². The molecule has 0 radical (unpaired) electrons. The lowest BCUT2D eigenvalue weighted by Crippen LogP contribution is -2.44. The van der Waals surface area contributed by atoms with E-state index in [1.54, 1.807) is 42.0 Å². The Kier molecular flexibility index (Phi) is 4.23. The lowest BCUT2D eigenvalue weighted by Gasteiger charge is -2.31. The van der Waals surface area contributed by atoms with Crippen LogP contribution < -0.4 is 4.74 Å². The molecule has 1 aliphatic rings. The van der Waals surface area contributed by atoms with Gasteiger partial charge in [-0.05, 0) is 36.4 Å². The third kappa shape index (κ3) is 3.25. The second-order valence-corrected chi connectivity index (χ2v) is 7.97. The van der Waals surface area contributed by atoms with Gasteiger partial charge in [-0.2, -0.15) is 4.31 Å². The fourth-order valence-electron chi connectivity index (χ4n) is 2.37. The number of nitrogens with zero attached hydrogens (tertiary/aromatic N) is 2. The second kappa shape index (κ2) is 6.13. The molecule has 0 amide bonds. The molecule has 7 heteroatoms. The lowest BCUT2D eigenvalue weighted by atomic mass is 10.1. The average Bonchev–Trinajstić information content (AvgIpc) is 3.04. The van der Waals surface area contributed by atoms with Gasteiger partial charge in [-0.1, -0.05) is 6.07 Å². The summed E-state index contributed by atoms with van der Waals surface area (Å²) < 4.78 is 32.8. The highest BCUT2D eigenvalue weighted by molar-refractivity contribution is 7.91. The van der Waals surface area contributed by atoms with Crippen molar-refractivity contribution in [1.82, 2.24) is 9.29 Å². The first kappa shape index (κ1) is 14.5. The first-order chi connectivity index (χ1) is 10.2. The Morgan fingerprint density at radius 2 is 2.10 bits per heavy atom. The third-order valence-electron chi connectivity index (χ3n) is 3.38. The molecule has 1 atom stereocenters. The summed E-state index contributed by atoms with van der Waals surface area (Å²) in [6, 6.07) is 6.97. The van der Waals surface area contributed by atoms with Crippen LogP contribution in [0, 0.1) is 0 Å². The van der Waals surface area contributed by atoms with Crippen molar-refractivity contribution < 1.29 is 13.2 Å². The predicted octanol–water partition coefficient (Wildman–Crippen LogP) is 2.38. The van der Waals surface area contributed by atoms with Crippen LogP contribution in [0.15, 0.2) is 46.2 Å². The van der Waals surface area contributed by atoms with Crippen LogP contribution in [0.5, 0.6) is 5.75 Å². The maximum absolute atomic E-state index is 12.5. The molecular weight excluding hydrogens is 308 g/mol. The Hall–Kier alpha value is -1.44. The zero-order valence-electron chi connectivity index (χ0n) is 11.4. The van der Waals surface area contributed by atoms with Gasteiger partial charge < -0.3 is 4.74 Å². The molecule has 0 saturated carbocycles. The van der Waals surface area contributed by atoms with Gasteiger partial charge in [-0.15, -0.1) is 11.3 Å². The highest BCUT2D eigenvalue weighted by atomic mass is 32.2. The zero-order valence-corrected chi connectivity index (χ0v) is 13.0.